The van der Waals surface area contributed by atoms with Crippen LogP contribution in [0.1, 0.15) is 22.2 Å². The summed E-state index contributed by atoms with van der Waals surface area (Å²) in [6.07, 6.45) is 0. The second-order valence-corrected chi connectivity index (χ2v) is 7.78. The Balaban J connectivity index is 1.48. The molecule has 1 aromatic carbocycles. The maximum atomic E-state index is 12.5. The van der Waals surface area contributed by atoms with E-state index in [4.69, 9.17) is 4.74 Å². The van der Waals surface area contributed by atoms with Gasteiger partial charge in [0.2, 0.25) is 0 Å². The molecule has 3 rings (SSSR count). The van der Waals surface area contributed by atoms with Gasteiger partial charge in [-0.3, -0.25) is 4.79 Å². The zero-order chi connectivity index (χ0) is 19.1. The summed E-state index contributed by atoms with van der Waals surface area (Å²) in [6, 6.07) is 11.3. The monoisotopic (exact) mass is 389 g/mol. The third kappa shape index (κ3) is 5.63. The standard InChI is InChI=1S/C20H25N3O3S/c1-2-26-20(25)17-7-3-4-8-18(17)21-19(24)15-23-11-9-22(10-12-23)14-16-6-5-13-27-16/h3-8,13H,2,9-12,14-15H2,1H3,(H,21,24)/p+2. The number of nitrogens with one attached hydrogen (secondary N) is 3. The highest BCUT2D eigenvalue weighted by Gasteiger charge is 2.25. The Labute approximate surface area is 163 Å². The van der Waals surface area contributed by atoms with Crippen molar-refractivity contribution in [3.63, 3.8) is 0 Å². The van der Waals surface area contributed by atoms with E-state index in [0.717, 1.165) is 32.7 Å². The van der Waals surface area contributed by atoms with Crippen LogP contribution in [0.3, 0.4) is 0 Å². The summed E-state index contributed by atoms with van der Waals surface area (Å²) in [7, 11) is 0. The molecule has 1 saturated heterocycles. The van der Waals surface area contributed by atoms with E-state index in [1.165, 1.54) is 9.78 Å². The molecule has 3 N–H and O–H groups in total. The third-order valence-electron chi connectivity index (χ3n) is 4.78. The lowest BCUT2D eigenvalue weighted by atomic mass is 10.2. The van der Waals surface area contributed by atoms with E-state index in [0.29, 0.717) is 24.4 Å². The van der Waals surface area contributed by atoms with Crippen molar-refractivity contribution in [1.82, 2.24) is 0 Å². The van der Waals surface area contributed by atoms with Crippen molar-refractivity contribution in [2.75, 3.05) is 44.6 Å². The van der Waals surface area contributed by atoms with Gasteiger partial charge in [-0.1, -0.05) is 18.2 Å². The van der Waals surface area contributed by atoms with Gasteiger partial charge >= 0.3 is 5.97 Å². The summed E-state index contributed by atoms with van der Waals surface area (Å²) < 4.78 is 5.06. The molecule has 0 spiro atoms. The Kier molecular flexibility index (Phi) is 6.98. The van der Waals surface area contributed by atoms with E-state index in [1.54, 1.807) is 47.4 Å². The largest absolute Gasteiger partial charge is 0.462 e. The third-order valence-corrected chi connectivity index (χ3v) is 5.65. The number of rotatable bonds is 7. The quantitative estimate of drug-likeness (QED) is 0.577. The number of para-hydroxylation sites is 1. The highest BCUT2D eigenvalue weighted by molar-refractivity contribution is 7.09. The zero-order valence-electron chi connectivity index (χ0n) is 15.6. The minimum atomic E-state index is -0.411. The number of carbonyl (C=O) groups excluding carboxylic acids is 2. The number of piperazine rings is 1. The SMILES string of the molecule is CCOC(=O)c1ccccc1NC(=O)C[NH+]1CC[NH+](Cc2cccs2)CC1. The van der Waals surface area contributed by atoms with Crippen LogP contribution in [0.2, 0.25) is 0 Å². The molecule has 144 valence electrons. The van der Waals surface area contributed by atoms with Crippen LogP contribution in [-0.4, -0.2) is 51.2 Å². The van der Waals surface area contributed by atoms with Crippen molar-refractivity contribution in [1.29, 1.82) is 0 Å². The molecular formula is C20H27N3O3S+2. The molecule has 2 aromatic rings. The molecule has 1 amide bonds. The molecule has 0 radical (unpaired) electrons. The van der Waals surface area contributed by atoms with Crippen LogP contribution in [0, 0.1) is 0 Å². The van der Waals surface area contributed by atoms with E-state index in [9.17, 15) is 9.59 Å². The van der Waals surface area contributed by atoms with Crippen LogP contribution in [-0.2, 0) is 16.1 Å². The Morgan fingerprint density at radius 3 is 2.52 bits per heavy atom. The van der Waals surface area contributed by atoms with Gasteiger partial charge in [-0.05, 0) is 30.5 Å². The molecule has 2 heterocycles. The number of carbonyl (C=O) groups is 2. The minimum absolute atomic E-state index is 0.0662. The second-order valence-electron chi connectivity index (χ2n) is 6.75. The molecule has 6 nitrogen and oxygen atoms in total. The molecule has 0 bridgehead atoms. The molecular weight excluding hydrogens is 362 g/mol. The Hall–Kier alpha value is -2.22. The van der Waals surface area contributed by atoms with E-state index in [-0.39, 0.29) is 5.91 Å². The van der Waals surface area contributed by atoms with Gasteiger partial charge in [0.1, 0.15) is 32.7 Å². The zero-order valence-corrected chi connectivity index (χ0v) is 16.4. The number of anilines is 1. The molecule has 1 aromatic heterocycles. The average molecular weight is 390 g/mol. The molecule has 27 heavy (non-hydrogen) atoms. The molecule has 1 fully saturated rings. The summed E-state index contributed by atoms with van der Waals surface area (Å²) in [6.45, 7) is 7.67. The van der Waals surface area contributed by atoms with Gasteiger partial charge < -0.3 is 19.9 Å². The Morgan fingerprint density at radius 1 is 1.07 bits per heavy atom. The smallest absolute Gasteiger partial charge is 0.340 e. The highest BCUT2D eigenvalue weighted by Crippen LogP contribution is 2.16. The number of quaternary nitrogens is 2. The number of hydrogen-bond donors (Lipinski definition) is 3. The van der Waals surface area contributed by atoms with Crippen molar-refractivity contribution in [2.45, 2.75) is 13.5 Å². The van der Waals surface area contributed by atoms with Crippen molar-refractivity contribution < 1.29 is 24.1 Å². The van der Waals surface area contributed by atoms with Crippen LogP contribution in [0.15, 0.2) is 41.8 Å². The fraction of sp³-hybridized carbons (Fsp3) is 0.400. The highest BCUT2D eigenvalue weighted by atomic mass is 32.1. The number of hydrogen-bond acceptors (Lipinski definition) is 4. The number of thiophene rings is 1. The minimum Gasteiger partial charge on any atom is -0.462 e. The second kappa shape index (κ2) is 9.64. The van der Waals surface area contributed by atoms with E-state index in [2.05, 4.69) is 22.8 Å². The van der Waals surface area contributed by atoms with Crippen molar-refractivity contribution >= 4 is 28.9 Å². The number of esters is 1. The van der Waals surface area contributed by atoms with Crippen LogP contribution >= 0.6 is 11.3 Å². The molecule has 1 aliphatic heterocycles. The molecule has 1 aliphatic rings. The number of amides is 1. The lowest BCUT2D eigenvalue weighted by Crippen LogP contribution is -3.28. The van der Waals surface area contributed by atoms with Crippen LogP contribution in [0.5, 0.6) is 0 Å². The van der Waals surface area contributed by atoms with E-state index >= 15 is 0 Å². The van der Waals surface area contributed by atoms with E-state index in [1.807, 2.05) is 0 Å². The van der Waals surface area contributed by atoms with Gasteiger partial charge in [0.05, 0.1) is 22.7 Å². The van der Waals surface area contributed by atoms with Crippen molar-refractivity contribution in [2.24, 2.45) is 0 Å². The van der Waals surface area contributed by atoms with Gasteiger partial charge in [0.15, 0.2) is 6.54 Å². The Bertz CT molecular complexity index is 756. The number of benzene rings is 1. The normalized spacial score (nSPS) is 19.4. The molecule has 0 unspecified atom stereocenters. The first-order chi connectivity index (χ1) is 13.2. The molecule has 0 aliphatic carbocycles. The van der Waals surface area contributed by atoms with Gasteiger partial charge in [-0.2, -0.15) is 0 Å². The van der Waals surface area contributed by atoms with Crippen molar-refractivity contribution in [3.8, 4) is 0 Å². The van der Waals surface area contributed by atoms with Crippen LogP contribution < -0.4 is 15.1 Å². The van der Waals surface area contributed by atoms with Crippen LogP contribution in [0.25, 0.3) is 0 Å². The first-order valence-corrected chi connectivity index (χ1v) is 10.3. The van der Waals surface area contributed by atoms with Gasteiger partial charge in [0.25, 0.3) is 5.91 Å². The van der Waals surface area contributed by atoms with Gasteiger partial charge in [-0.15, -0.1) is 11.3 Å². The van der Waals surface area contributed by atoms with Crippen LogP contribution in [0.4, 0.5) is 5.69 Å². The first kappa shape index (κ1) is 19.5. The molecule has 0 atom stereocenters. The maximum absolute atomic E-state index is 12.5. The first-order valence-electron chi connectivity index (χ1n) is 9.41. The van der Waals surface area contributed by atoms with Gasteiger partial charge in [-0.25, -0.2) is 4.79 Å². The molecule has 7 heteroatoms. The summed E-state index contributed by atoms with van der Waals surface area (Å²) in [5.41, 5.74) is 0.912. The van der Waals surface area contributed by atoms with Crippen molar-refractivity contribution in [3.05, 3.63) is 52.2 Å². The average Bonchev–Trinajstić information content (AvgIpc) is 3.17. The summed E-state index contributed by atoms with van der Waals surface area (Å²) in [4.78, 5) is 28.8. The lowest BCUT2D eigenvalue weighted by molar-refractivity contribution is -1.01. The fourth-order valence-corrected chi connectivity index (χ4v) is 4.15. The van der Waals surface area contributed by atoms with E-state index < -0.39 is 5.97 Å². The lowest BCUT2D eigenvalue weighted by Gasteiger charge is -2.29. The molecule has 0 saturated carbocycles. The predicted molar refractivity (Wildman–Crippen MR) is 105 cm³/mol. The fourth-order valence-electron chi connectivity index (χ4n) is 3.37. The van der Waals surface area contributed by atoms with Gasteiger partial charge in [0, 0.05) is 0 Å². The predicted octanol–water partition coefficient (Wildman–Crippen LogP) is -0.153. The summed E-state index contributed by atoms with van der Waals surface area (Å²) in [5, 5.41) is 5.00. The maximum Gasteiger partial charge on any atom is 0.340 e. The summed E-state index contributed by atoms with van der Waals surface area (Å²) >= 11 is 1.81. The topological polar surface area (TPSA) is 64.3 Å². The number of ether oxygens (including phenoxy) is 1. The summed E-state index contributed by atoms with van der Waals surface area (Å²) in [5.74, 6) is -0.477. The Morgan fingerprint density at radius 2 is 1.81 bits per heavy atom.